The van der Waals surface area contributed by atoms with Crippen molar-refractivity contribution < 1.29 is 14.6 Å². The summed E-state index contributed by atoms with van der Waals surface area (Å²) in [5, 5.41) is 9.31. The fraction of sp³-hybridized carbons (Fsp3) is 0. The van der Waals surface area contributed by atoms with Crippen molar-refractivity contribution in [3.05, 3.63) is 81.9 Å². The molecule has 3 rings (SSSR count). The van der Waals surface area contributed by atoms with Crippen molar-refractivity contribution in [2.45, 2.75) is 0 Å². The van der Waals surface area contributed by atoms with Gasteiger partial charge in [0.2, 0.25) is 0 Å². The van der Waals surface area contributed by atoms with Gasteiger partial charge in [0.25, 0.3) is 0 Å². The van der Waals surface area contributed by atoms with Crippen LogP contribution in [0, 0.1) is 3.57 Å². The normalized spacial score (nSPS) is 10.3. The van der Waals surface area contributed by atoms with Crippen LogP contribution in [0.5, 0.6) is 11.5 Å². The molecule has 1 N–H and O–H groups in total. The van der Waals surface area contributed by atoms with Crippen molar-refractivity contribution in [3.63, 3.8) is 0 Å². The molecule has 3 nitrogen and oxygen atoms in total. The van der Waals surface area contributed by atoms with Crippen LogP contribution in [-0.2, 0) is 0 Å². The minimum Gasteiger partial charge on any atom is -0.508 e. The molecule has 0 radical (unpaired) electrons. The van der Waals surface area contributed by atoms with Crippen LogP contribution in [0.4, 0.5) is 0 Å². The number of ether oxygens (including phenoxy) is 1. The predicted octanol–water partition coefficient (Wildman–Crippen LogP) is 4.88. The number of phenolic OH excluding ortho intramolecular Hbond substituents is 1. The van der Waals surface area contributed by atoms with Gasteiger partial charge >= 0.3 is 5.97 Å². The molecular formula is C19H13IO3. The standard InChI is InChI=1S/C19H13IO3/c20-16-7-1-15(2-8-16)19(22)23-18-11-5-14(6-12-18)13-3-9-17(21)10-4-13/h1-12,21H. The van der Waals surface area contributed by atoms with Gasteiger partial charge in [-0.05, 0) is 82.2 Å². The molecule has 3 aromatic rings. The minimum absolute atomic E-state index is 0.233. The van der Waals surface area contributed by atoms with E-state index in [4.69, 9.17) is 4.74 Å². The predicted molar refractivity (Wildman–Crippen MR) is 97.7 cm³/mol. The summed E-state index contributed by atoms with van der Waals surface area (Å²) in [7, 11) is 0. The van der Waals surface area contributed by atoms with Gasteiger partial charge in [-0.25, -0.2) is 4.79 Å². The molecule has 0 aliphatic rings. The number of esters is 1. The molecule has 4 heteroatoms. The van der Waals surface area contributed by atoms with E-state index in [9.17, 15) is 9.90 Å². The molecule has 0 aromatic heterocycles. The van der Waals surface area contributed by atoms with Gasteiger partial charge in [-0.1, -0.05) is 24.3 Å². The van der Waals surface area contributed by atoms with E-state index in [-0.39, 0.29) is 11.7 Å². The summed E-state index contributed by atoms with van der Waals surface area (Å²) in [5.74, 6) is 0.353. The Balaban J connectivity index is 1.73. The summed E-state index contributed by atoms with van der Waals surface area (Å²) in [5.41, 5.74) is 2.49. The maximum atomic E-state index is 12.1. The van der Waals surface area contributed by atoms with E-state index in [1.165, 1.54) is 0 Å². The molecule has 3 aromatic carbocycles. The zero-order valence-electron chi connectivity index (χ0n) is 12.1. The fourth-order valence-corrected chi connectivity index (χ4v) is 2.48. The lowest BCUT2D eigenvalue weighted by molar-refractivity contribution is 0.0735. The molecule has 0 bridgehead atoms. The maximum Gasteiger partial charge on any atom is 0.343 e. The lowest BCUT2D eigenvalue weighted by atomic mass is 10.1. The highest BCUT2D eigenvalue weighted by molar-refractivity contribution is 14.1. The van der Waals surface area contributed by atoms with Gasteiger partial charge in [-0.15, -0.1) is 0 Å². The number of aromatic hydroxyl groups is 1. The van der Waals surface area contributed by atoms with Gasteiger partial charge in [0.05, 0.1) is 5.56 Å². The Morgan fingerprint density at radius 3 is 1.87 bits per heavy atom. The average Bonchev–Trinajstić information content (AvgIpc) is 2.57. The van der Waals surface area contributed by atoms with Crippen molar-refractivity contribution in [3.8, 4) is 22.6 Å². The summed E-state index contributed by atoms with van der Waals surface area (Å²) in [6.45, 7) is 0. The first-order valence-corrected chi connectivity index (χ1v) is 8.07. The topological polar surface area (TPSA) is 46.5 Å². The van der Waals surface area contributed by atoms with Crippen LogP contribution in [-0.4, -0.2) is 11.1 Å². The van der Waals surface area contributed by atoms with Crippen LogP contribution in [0.25, 0.3) is 11.1 Å². The summed E-state index contributed by atoms with van der Waals surface area (Å²) < 4.78 is 6.44. The van der Waals surface area contributed by atoms with Crippen molar-refractivity contribution in [2.75, 3.05) is 0 Å². The van der Waals surface area contributed by atoms with Crippen molar-refractivity contribution in [1.82, 2.24) is 0 Å². The summed E-state index contributed by atoms with van der Waals surface area (Å²) in [4.78, 5) is 12.1. The van der Waals surface area contributed by atoms with Gasteiger partial charge in [-0.2, -0.15) is 0 Å². The smallest absolute Gasteiger partial charge is 0.343 e. The maximum absolute atomic E-state index is 12.1. The number of phenols is 1. The molecule has 0 fully saturated rings. The minimum atomic E-state index is -0.376. The number of rotatable bonds is 3. The first kappa shape index (κ1) is 15.6. The molecule has 0 heterocycles. The number of halogens is 1. The van der Waals surface area contributed by atoms with Crippen molar-refractivity contribution in [1.29, 1.82) is 0 Å². The zero-order valence-corrected chi connectivity index (χ0v) is 14.2. The van der Waals surface area contributed by atoms with E-state index in [2.05, 4.69) is 22.6 Å². The Kier molecular flexibility index (Phi) is 4.62. The van der Waals surface area contributed by atoms with E-state index >= 15 is 0 Å². The summed E-state index contributed by atoms with van der Waals surface area (Å²) in [6.07, 6.45) is 0. The molecule has 114 valence electrons. The lowest BCUT2D eigenvalue weighted by Gasteiger charge is -2.06. The lowest BCUT2D eigenvalue weighted by Crippen LogP contribution is -2.08. The molecule has 23 heavy (non-hydrogen) atoms. The first-order chi connectivity index (χ1) is 11.1. The number of carbonyl (C=O) groups is 1. The molecule has 0 aliphatic heterocycles. The molecular weight excluding hydrogens is 403 g/mol. The van der Waals surface area contributed by atoms with Gasteiger partial charge in [-0.3, -0.25) is 0 Å². The van der Waals surface area contributed by atoms with Crippen LogP contribution in [0.1, 0.15) is 10.4 Å². The highest BCUT2D eigenvalue weighted by Crippen LogP contribution is 2.24. The Labute approximate surface area is 147 Å². The van der Waals surface area contributed by atoms with Gasteiger partial charge in [0.15, 0.2) is 0 Å². The largest absolute Gasteiger partial charge is 0.508 e. The van der Waals surface area contributed by atoms with E-state index in [0.29, 0.717) is 11.3 Å². The second kappa shape index (κ2) is 6.83. The zero-order chi connectivity index (χ0) is 16.2. The highest BCUT2D eigenvalue weighted by atomic mass is 127. The number of hydrogen-bond acceptors (Lipinski definition) is 3. The van der Waals surface area contributed by atoms with Gasteiger partial charge in [0.1, 0.15) is 11.5 Å². The molecule has 0 aliphatic carbocycles. The molecule has 0 amide bonds. The Hall–Kier alpha value is -2.34. The molecule has 0 saturated heterocycles. The van der Waals surface area contributed by atoms with Gasteiger partial charge in [0, 0.05) is 3.57 Å². The molecule has 0 unspecified atom stereocenters. The average molecular weight is 416 g/mol. The van der Waals surface area contributed by atoms with E-state index < -0.39 is 0 Å². The second-order valence-corrected chi connectivity index (χ2v) is 6.21. The summed E-state index contributed by atoms with van der Waals surface area (Å²) >= 11 is 2.19. The SMILES string of the molecule is O=C(Oc1ccc(-c2ccc(O)cc2)cc1)c1ccc(I)cc1. The van der Waals surface area contributed by atoms with Crippen LogP contribution in [0.3, 0.4) is 0 Å². The van der Waals surface area contributed by atoms with Crippen LogP contribution < -0.4 is 4.74 Å². The number of carbonyl (C=O) groups excluding carboxylic acids is 1. The Bertz CT molecular complexity index is 807. The molecule has 0 spiro atoms. The fourth-order valence-electron chi connectivity index (χ4n) is 2.12. The first-order valence-electron chi connectivity index (χ1n) is 6.99. The Morgan fingerprint density at radius 1 is 0.783 bits per heavy atom. The Morgan fingerprint density at radius 2 is 1.30 bits per heavy atom. The third-order valence-electron chi connectivity index (χ3n) is 3.35. The van der Waals surface area contributed by atoms with E-state index in [1.54, 1.807) is 36.4 Å². The molecule has 0 saturated carbocycles. The van der Waals surface area contributed by atoms with Gasteiger partial charge < -0.3 is 9.84 Å². The van der Waals surface area contributed by atoms with E-state index in [0.717, 1.165) is 14.7 Å². The van der Waals surface area contributed by atoms with Crippen LogP contribution >= 0.6 is 22.6 Å². The quantitative estimate of drug-likeness (QED) is 0.376. The monoisotopic (exact) mass is 416 g/mol. The highest BCUT2D eigenvalue weighted by Gasteiger charge is 2.08. The summed E-state index contributed by atoms with van der Waals surface area (Å²) in [6, 6.07) is 21.4. The van der Waals surface area contributed by atoms with Crippen molar-refractivity contribution >= 4 is 28.6 Å². The number of benzene rings is 3. The van der Waals surface area contributed by atoms with E-state index in [1.807, 2.05) is 36.4 Å². The second-order valence-electron chi connectivity index (χ2n) is 4.97. The van der Waals surface area contributed by atoms with Crippen LogP contribution in [0.15, 0.2) is 72.8 Å². The number of hydrogen-bond donors (Lipinski definition) is 1. The third-order valence-corrected chi connectivity index (χ3v) is 4.06. The van der Waals surface area contributed by atoms with Crippen molar-refractivity contribution in [2.24, 2.45) is 0 Å². The third kappa shape index (κ3) is 3.90. The molecule has 0 atom stereocenters. The van der Waals surface area contributed by atoms with Crippen LogP contribution in [0.2, 0.25) is 0 Å².